The normalized spacial score (nSPS) is 10.2. The molecule has 1 aromatic rings. The maximum absolute atomic E-state index is 11.6. The van der Waals surface area contributed by atoms with E-state index in [4.69, 9.17) is 4.74 Å². The molecule has 0 fully saturated rings. The predicted octanol–water partition coefficient (Wildman–Crippen LogP) is 0.559. The lowest BCUT2D eigenvalue weighted by atomic mass is 10.4. The van der Waals surface area contributed by atoms with Crippen LogP contribution < -0.4 is 5.32 Å². The number of carbonyl (C=O) groups excluding carboxylic acids is 2. The number of hydrogen-bond donors (Lipinski definition) is 1. The van der Waals surface area contributed by atoms with E-state index in [1.54, 1.807) is 6.92 Å². The standard InChI is InChI=1S/C12H18N4O5/c1-3-4-5-21-12(18)6-13-11(17)8-15-7-10(16(19)20)14-9(15)2/h7H,3-6,8H2,1-2H3,(H,13,17). The number of imidazole rings is 1. The number of aryl methyl sites for hydroxylation is 1. The van der Waals surface area contributed by atoms with Crippen LogP contribution in [-0.2, 0) is 20.9 Å². The Morgan fingerprint density at radius 2 is 2.24 bits per heavy atom. The first-order valence-electron chi connectivity index (χ1n) is 6.54. The van der Waals surface area contributed by atoms with Gasteiger partial charge in [0.1, 0.15) is 19.3 Å². The molecule has 1 N–H and O–H groups in total. The molecule has 0 aliphatic heterocycles. The summed E-state index contributed by atoms with van der Waals surface area (Å²) in [5.74, 6) is -0.926. The molecule has 0 aliphatic carbocycles. The number of nitro groups is 1. The third-order valence-electron chi connectivity index (χ3n) is 2.66. The molecule has 9 nitrogen and oxygen atoms in total. The molecule has 0 unspecified atom stereocenters. The molecule has 0 spiro atoms. The fourth-order valence-electron chi connectivity index (χ4n) is 1.50. The van der Waals surface area contributed by atoms with Crippen LogP contribution in [0.15, 0.2) is 6.20 Å². The number of unbranched alkanes of at least 4 members (excludes halogenated alkanes) is 1. The van der Waals surface area contributed by atoms with Crippen LogP contribution in [0.5, 0.6) is 0 Å². The van der Waals surface area contributed by atoms with Gasteiger partial charge < -0.3 is 20.2 Å². The van der Waals surface area contributed by atoms with Crippen molar-refractivity contribution in [3.63, 3.8) is 0 Å². The molecule has 1 amide bonds. The topological polar surface area (TPSA) is 116 Å². The van der Waals surface area contributed by atoms with Crippen molar-refractivity contribution in [2.75, 3.05) is 13.2 Å². The quantitative estimate of drug-likeness (QED) is 0.324. The van der Waals surface area contributed by atoms with Crippen molar-refractivity contribution < 1.29 is 19.2 Å². The van der Waals surface area contributed by atoms with Gasteiger partial charge >= 0.3 is 11.8 Å². The number of amides is 1. The molecular weight excluding hydrogens is 280 g/mol. The highest BCUT2D eigenvalue weighted by atomic mass is 16.6. The smallest absolute Gasteiger partial charge is 0.381 e. The van der Waals surface area contributed by atoms with E-state index >= 15 is 0 Å². The second kappa shape index (κ2) is 7.98. The Bertz CT molecular complexity index is 526. The number of nitrogens with zero attached hydrogens (tertiary/aromatic N) is 3. The van der Waals surface area contributed by atoms with Crippen molar-refractivity contribution in [1.82, 2.24) is 14.9 Å². The van der Waals surface area contributed by atoms with Gasteiger partial charge in [0.15, 0.2) is 0 Å². The fraction of sp³-hybridized carbons (Fsp3) is 0.583. The second-order valence-corrected chi connectivity index (χ2v) is 4.38. The van der Waals surface area contributed by atoms with Crippen LogP contribution in [0.25, 0.3) is 0 Å². The van der Waals surface area contributed by atoms with Gasteiger partial charge in [-0.1, -0.05) is 13.3 Å². The molecular formula is C12H18N4O5. The monoisotopic (exact) mass is 298 g/mol. The van der Waals surface area contributed by atoms with Gasteiger partial charge in [0.2, 0.25) is 11.7 Å². The minimum absolute atomic E-state index is 0.144. The number of esters is 1. The van der Waals surface area contributed by atoms with E-state index < -0.39 is 16.8 Å². The van der Waals surface area contributed by atoms with E-state index in [1.165, 1.54) is 10.8 Å². The highest BCUT2D eigenvalue weighted by Crippen LogP contribution is 2.09. The predicted molar refractivity (Wildman–Crippen MR) is 72.5 cm³/mol. The molecule has 0 saturated heterocycles. The maximum atomic E-state index is 11.6. The van der Waals surface area contributed by atoms with Crippen molar-refractivity contribution in [3.05, 3.63) is 22.1 Å². The molecule has 0 radical (unpaired) electrons. The molecule has 1 heterocycles. The van der Waals surface area contributed by atoms with Crippen LogP contribution in [0.4, 0.5) is 5.82 Å². The van der Waals surface area contributed by atoms with Crippen LogP contribution in [0, 0.1) is 17.0 Å². The molecule has 9 heteroatoms. The summed E-state index contributed by atoms with van der Waals surface area (Å²) in [5, 5.41) is 13.0. The molecule has 116 valence electrons. The molecule has 0 aliphatic rings. The second-order valence-electron chi connectivity index (χ2n) is 4.38. The lowest BCUT2D eigenvalue weighted by Crippen LogP contribution is -2.33. The highest BCUT2D eigenvalue weighted by molar-refractivity contribution is 5.81. The van der Waals surface area contributed by atoms with Crippen LogP contribution in [-0.4, -0.2) is 39.5 Å². The molecule has 21 heavy (non-hydrogen) atoms. The highest BCUT2D eigenvalue weighted by Gasteiger charge is 2.17. The van der Waals surface area contributed by atoms with Crippen molar-refractivity contribution in [2.45, 2.75) is 33.2 Å². The van der Waals surface area contributed by atoms with Gasteiger partial charge in [-0.25, -0.2) is 0 Å². The van der Waals surface area contributed by atoms with Crippen LogP contribution in [0.3, 0.4) is 0 Å². The van der Waals surface area contributed by atoms with E-state index in [2.05, 4.69) is 10.3 Å². The SMILES string of the molecule is CCCCOC(=O)CNC(=O)Cn1cc([N+](=O)[O-])nc1C. The Labute approximate surface area is 121 Å². The Balaban J connectivity index is 2.40. The summed E-state index contributed by atoms with van der Waals surface area (Å²) < 4.78 is 6.22. The number of aromatic nitrogens is 2. The first kappa shape index (κ1) is 16.6. The fourth-order valence-corrected chi connectivity index (χ4v) is 1.50. The van der Waals surface area contributed by atoms with Crippen LogP contribution in [0.1, 0.15) is 25.6 Å². The zero-order chi connectivity index (χ0) is 15.8. The number of carbonyl (C=O) groups is 2. The van der Waals surface area contributed by atoms with Crippen molar-refractivity contribution >= 4 is 17.7 Å². The zero-order valence-corrected chi connectivity index (χ0v) is 12.0. The van der Waals surface area contributed by atoms with Crippen LogP contribution >= 0.6 is 0 Å². The molecule has 1 rings (SSSR count). The maximum Gasteiger partial charge on any atom is 0.381 e. The molecule has 0 bridgehead atoms. The van der Waals surface area contributed by atoms with Gasteiger partial charge in [0.05, 0.1) is 6.61 Å². The van der Waals surface area contributed by atoms with Gasteiger partial charge in [-0.15, -0.1) is 0 Å². The van der Waals surface area contributed by atoms with Gasteiger partial charge in [-0.05, 0) is 16.3 Å². The molecule has 0 atom stereocenters. The van der Waals surface area contributed by atoms with Gasteiger partial charge in [0, 0.05) is 6.92 Å². The summed E-state index contributed by atoms with van der Waals surface area (Å²) in [6.07, 6.45) is 2.87. The summed E-state index contributed by atoms with van der Waals surface area (Å²) in [6.45, 7) is 3.49. The summed E-state index contributed by atoms with van der Waals surface area (Å²) in [7, 11) is 0. The Morgan fingerprint density at radius 1 is 1.52 bits per heavy atom. The van der Waals surface area contributed by atoms with E-state index in [-0.39, 0.29) is 18.9 Å². The summed E-state index contributed by atoms with van der Waals surface area (Å²) in [6, 6.07) is 0. The number of hydrogen-bond acceptors (Lipinski definition) is 6. The summed E-state index contributed by atoms with van der Waals surface area (Å²) >= 11 is 0. The third kappa shape index (κ3) is 5.59. The Hall–Kier alpha value is -2.45. The average molecular weight is 298 g/mol. The van der Waals surface area contributed by atoms with Gasteiger partial charge in [-0.3, -0.25) is 14.2 Å². The lowest BCUT2D eigenvalue weighted by molar-refractivity contribution is -0.389. The first-order chi connectivity index (χ1) is 9.93. The average Bonchev–Trinajstić information content (AvgIpc) is 2.78. The molecule has 0 aromatic carbocycles. The number of rotatable bonds is 8. The number of ether oxygens (including phenoxy) is 1. The largest absolute Gasteiger partial charge is 0.464 e. The number of nitrogens with one attached hydrogen (secondary N) is 1. The van der Waals surface area contributed by atoms with Gasteiger partial charge in [-0.2, -0.15) is 0 Å². The van der Waals surface area contributed by atoms with E-state index in [1.807, 2.05) is 6.92 Å². The summed E-state index contributed by atoms with van der Waals surface area (Å²) in [4.78, 5) is 36.6. The first-order valence-corrected chi connectivity index (χ1v) is 6.54. The van der Waals surface area contributed by atoms with E-state index in [9.17, 15) is 19.7 Å². The van der Waals surface area contributed by atoms with Crippen molar-refractivity contribution in [2.24, 2.45) is 0 Å². The molecule has 1 aromatic heterocycles. The molecule has 0 saturated carbocycles. The van der Waals surface area contributed by atoms with Crippen molar-refractivity contribution in [3.8, 4) is 0 Å². The summed E-state index contributed by atoms with van der Waals surface area (Å²) in [5.41, 5.74) is 0. The Kier molecular flexibility index (Phi) is 6.31. The zero-order valence-electron chi connectivity index (χ0n) is 12.0. The van der Waals surface area contributed by atoms with Crippen LogP contribution in [0.2, 0.25) is 0 Å². The minimum atomic E-state index is -0.632. The lowest BCUT2D eigenvalue weighted by Gasteiger charge is -2.06. The third-order valence-corrected chi connectivity index (χ3v) is 2.66. The Morgan fingerprint density at radius 3 is 2.81 bits per heavy atom. The van der Waals surface area contributed by atoms with Gasteiger partial charge in [0.25, 0.3) is 0 Å². The van der Waals surface area contributed by atoms with Crippen molar-refractivity contribution in [1.29, 1.82) is 0 Å². The van der Waals surface area contributed by atoms with E-state index in [0.29, 0.717) is 12.4 Å². The van der Waals surface area contributed by atoms with E-state index in [0.717, 1.165) is 12.8 Å². The minimum Gasteiger partial charge on any atom is -0.464 e.